The Morgan fingerprint density at radius 1 is 1.11 bits per heavy atom. The summed E-state index contributed by atoms with van der Waals surface area (Å²) < 4.78 is 5.88. The molecule has 0 saturated carbocycles. The number of nitrogens with zero attached hydrogens (tertiary/aromatic N) is 2. The molecule has 2 aliphatic rings. The van der Waals surface area contributed by atoms with Crippen molar-refractivity contribution in [3.63, 3.8) is 0 Å². The molecule has 104 valence electrons. The van der Waals surface area contributed by atoms with Crippen molar-refractivity contribution in [1.82, 2.24) is 15.1 Å². The maximum absolute atomic E-state index is 5.88. The second kappa shape index (κ2) is 5.90. The molecule has 0 radical (unpaired) electrons. The highest BCUT2D eigenvalue weighted by Gasteiger charge is 2.14. The molecule has 0 aliphatic carbocycles. The van der Waals surface area contributed by atoms with Crippen LogP contribution < -0.4 is 10.1 Å². The molecule has 0 unspecified atom stereocenters. The van der Waals surface area contributed by atoms with E-state index < -0.39 is 0 Å². The van der Waals surface area contributed by atoms with E-state index in [1.54, 1.807) is 0 Å². The van der Waals surface area contributed by atoms with E-state index in [1.165, 1.54) is 24.2 Å². The first-order chi connectivity index (χ1) is 9.31. The molecule has 1 aromatic rings. The van der Waals surface area contributed by atoms with Crippen molar-refractivity contribution in [1.29, 1.82) is 0 Å². The molecule has 19 heavy (non-hydrogen) atoms. The van der Waals surface area contributed by atoms with Crippen molar-refractivity contribution in [3.8, 4) is 5.75 Å². The maximum atomic E-state index is 5.88. The third kappa shape index (κ3) is 3.26. The molecule has 0 bridgehead atoms. The number of likely N-dealkylation sites (N-methyl/N-ethyl adjacent to an activating group) is 1. The maximum Gasteiger partial charge on any atom is 0.119 e. The van der Waals surface area contributed by atoms with Crippen LogP contribution >= 0.6 is 0 Å². The minimum Gasteiger partial charge on any atom is -0.492 e. The van der Waals surface area contributed by atoms with E-state index in [1.807, 2.05) is 0 Å². The van der Waals surface area contributed by atoms with Crippen molar-refractivity contribution in [2.24, 2.45) is 0 Å². The quantitative estimate of drug-likeness (QED) is 0.872. The molecule has 1 saturated heterocycles. The van der Waals surface area contributed by atoms with Crippen molar-refractivity contribution in [2.75, 3.05) is 46.4 Å². The molecule has 3 rings (SSSR count). The largest absolute Gasteiger partial charge is 0.492 e. The van der Waals surface area contributed by atoms with Gasteiger partial charge in [0.15, 0.2) is 0 Å². The van der Waals surface area contributed by atoms with Crippen LogP contribution in [0.3, 0.4) is 0 Å². The smallest absolute Gasteiger partial charge is 0.119 e. The molecular formula is C15H23N3O. The zero-order valence-corrected chi connectivity index (χ0v) is 11.7. The van der Waals surface area contributed by atoms with Crippen molar-refractivity contribution in [2.45, 2.75) is 13.1 Å². The van der Waals surface area contributed by atoms with E-state index in [0.29, 0.717) is 0 Å². The van der Waals surface area contributed by atoms with E-state index in [2.05, 4.69) is 40.4 Å². The predicted octanol–water partition coefficient (Wildman–Crippen LogP) is 0.916. The fraction of sp³-hybridized carbons (Fsp3) is 0.600. The Kier molecular flexibility index (Phi) is 4.01. The van der Waals surface area contributed by atoms with Crippen LogP contribution in [0.4, 0.5) is 0 Å². The average molecular weight is 261 g/mol. The van der Waals surface area contributed by atoms with Crippen molar-refractivity contribution in [3.05, 3.63) is 29.3 Å². The number of benzene rings is 1. The molecule has 0 spiro atoms. The van der Waals surface area contributed by atoms with Gasteiger partial charge in [0.1, 0.15) is 12.4 Å². The minimum absolute atomic E-state index is 0.788. The summed E-state index contributed by atoms with van der Waals surface area (Å²) in [5.74, 6) is 1.01. The lowest BCUT2D eigenvalue weighted by molar-refractivity contribution is 0.133. The second-order valence-electron chi connectivity index (χ2n) is 5.53. The molecular weight excluding hydrogens is 238 g/mol. The minimum atomic E-state index is 0.788. The van der Waals surface area contributed by atoms with Crippen LogP contribution in [0.15, 0.2) is 18.2 Å². The summed E-state index contributed by atoms with van der Waals surface area (Å²) in [6, 6.07) is 6.45. The van der Waals surface area contributed by atoms with Gasteiger partial charge in [-0.15, -0.1) is 0 Å². The molecule has 2 heterocycles. The van der Waals surface area contributed by atoms with Gasteiger partial charge in [-0.05, 0) is 30.3 Å². The summed E-state index contributed by atoms with van der Waals surface area (Å²) in [5, 5.41) is 3.36. The van der Waals surface area contributed by atoms with Crippen molar-refractivity contribution < 1.29 is 4.74 Å². The summed E-state index contributed by atoms with van der Waals surface area (Å²) in [6.07, 6.45) is 0. The third-order valence-corrected chi connectivity index (χ3v) is 4.08. The monoisotopic (exact) mass is 261 g/mol. The lowest BCUT2D eigenvalue weighted by atomic mass is 10.1. The van der Waals surface area contributed by atoms with Crippen LogP contribution in [0, 0.1) is 0 Å². The number of fused-ring (bicyclic) bond motifs is 1. The van der Waals surface area contributed by atoms with E-state index >= 15 is 0 Å². The fourth-order valence-corrected chi connectivity index (χ4v) is 2.73. The highest BCUT2D eigenvalue weighted by atomic mass is 16.5. The van der Waals surface area contributed by atoms with Crippen LogP contribution in [0.2, 0.25) is 0 Å². The second-order valence-corrected chi connectivity index (χ2v) is 5.53. The van der Waals surface area contributed by atoms with E-state index in [0.717, 1.165) is 45.1 Å². The first-order valence-corrected chi connectivity index (χ1v) is 7.17. The van der Waals surface area contributed by atoms with Crippen LogP contribution in [0.25, 0.3) is 0 Å². The molecule has 1 aromatic carbocycles. The van der Waals surface area contributed by atoms with E-state index in [-0.39, 0.29) is 0 Å². The normalized spacial score (nSPS) is 20.5. The predicted molar refractivity (Wildman–Crippen MR) is 76.4 cm³/mol. The summed E-state index contributed by atoms with van der Waals surface area (Å²) in [7, 11) is 2.19. The van der Waals surface area contributed by atoms with Gasteiger partial charge in [-0.1, -0.05) is 6.07 Å². The molecule has 2 aliphatic heterocycles. The zero-order valence-electron chi connectivity index (χ0n) is 11.7. The topological polar surface area (TPSA) is 27.7 Å². The summed E-state index contributed by atoms with van der Waals surface area (Å²) in [5.41, 5.74) is 2.79. The van der Waals surface area contributed by atoms with Gasteiger partial charge in [-0.3, -0.25) is 4.90 Å². The lowest BCUT2D eigenvalue weighted by Crippen LogP contribution is -2.45. The standard InChI is InChI=1S/C15H23N3O/c1-17-4-6-18(7-5-17)8-9-19-15-3-2-13-11-16-12-14(13)10-15/h2-3,10,16H,4-9,11-12H2,1H3. The molecule has 1 N–H and O–H groups in total. The SMILES string of the molecule is CN1CCN(CCOc2ccc3c(c2)CNC3)CC1. The van der Waals surface area contributed by atoms with Gasteiger partial charge in [-0.25, -0.2) is 0 Å². The molecule has 1 fully saturated rings. The van der Waals surface area contributed by atoms with Gasteiger partial charge in [0, 0.05) is 45.8 Å². The third-order valence-electron chi connectivity index (χ3n) is 4.08. The van der Waals surface area contributed by atoms with Crippen LogP contribution in [-0.2, 0) is 13.1 Å². The van der Waals surface area contributed by atoms with E-state index in [4.69, 9.17) is 4.74 Å². The molecule has 4 nitrogen and oxygen atoms in total. The first-order valence-electron chi connectivity index (χ1n) is 7.17. The molecule has 0 aromatic heterocycles. The van der Waals surface area contributed by atoms with Crippen molar-refractivity contribution >= 4 is 0 Å². The number of rotatable bonds is 4. The Morgan fingerprint density at radius 2 is 1.89 bits per heavy atom. The van der Waals surface area contributed by atoms with Gasteiger partial charge in [-0.2, -0.15) is 0 Å². The van der Waals surface area contributed by atoms with Gasteiger partial charge < -0.3 is 15.0 Å². The van der Waals surface area contributed by atoms with Gasteiger partial charge in [0.2, 0.25) is 0 Å². The highest BCUT2D eigenvalue weighted by molar-refractivity contribution is 5.37. The Hall–Kier alpha value is -1.10. The molecule has 0 amide bonds. The van der Waals surface area contributed by atoms with E-state index in [9.17, 15) is 0 Å². The summed E-state index contributed by atoms with van der Waals surface area (Å²) >= 11 is 0. The first kappa shape index (κ1) is 12.9. The Balaban J connectivity index is 1.45. The fourth-order valence-electron chi connectivity index (χ4n) is 2.73. The molecule has 0 atom stereocenters. The van der Waals surface area contributed by atoms with Crippen LogP contribution in [0.1, 0.15) is 11.1 Å². The Morgan fingerprint density at radius 3 is 2.74 bits per heavy atom. The Labute approximate surface area is 115 Å². The number of hydrogen-bond donors (Lipinski definition) is 1. The number of nitrogens with one attached hydrogen (secondary N) is 1. The zero-order chi connectivity index (χ0) is 13.1. The number of ether oxygens (including phenoxy) is 1. The van der Waals surface area contributed by atoms with Gasteiger partial charge in [0.05, 0.1) is 0 Å². The lowest BCUT2D eigenvalue weighted by Gasteiger charge is -2.32. The van der Waals surface area contributed by atoms with Gasteiger partial charge >= 0.3 is 0 Å². The number of piperazine rings is 1. The Bertz CT molecular complexity index is 427. The highest BCUT2D eigenvalue weighted by Crippen LogP contribution is 2.21. The summed E-state index contributed by atoms with van der Waals surface area (Å²) in [6.45, 7) is 8.46. The van der Waals surface area contributed by atoms with Crippen LogP contribution in [-0.4, -0.2) is 56.2 Å². The summed E-state index contributed by atoms with van der Waals surface area (Å²) in [4.78, 5) is 4.86. The number of hydrogen-bond acceptors (Lipinski definition) is 4. The molecule has 4 heteroatoms. The van der Waals surface area contributed by atoms with Gasteiger partial charge in [0.25, 0.3) is 0 Å². The average Bonchev–Trinajstić information content (AvgIpc) is 2.88. The van der Waals surface area contributed by atoms with Crippen LogP contribution in [0.5, 0.6) is 5.75 Å².